The maximum absolute atomic E-state index is 11.7. The number of nitrogens with one attached hydrogen (secondary N) is 2. The fraction of sp³-hybridized carbons (Fsp3) is 0.188. The Morgan fingerprint density at radius 2 is 1.96 bits per heavy atom. The zero-order valence-electron chi connectivity index (χ0n) is 12.9. The lowest BCUT2D eigenvalue weighted by molar-refractivity contribution is -0.385. The fourth-order valence-electron chi connectivity index (χ4n) is 1.97. The van der Waals surface area contributed by atoms with Crippen LogP contribution in [0, 0.1) is 10.1 Å². The number of benzene rings is 2. The molecule has 0 radical (unpaired) electrons. The number of hydrogen-bond donors (Lipinski definition) is 2. The Balaban J connectivity index is 1.93. The van der Waals surface area contributed by atoms with Gasteiger partial charge in [-0.2, -0.15) is 0 Å². The molecule has 2 aromatic carbocycles. The average molecular weight is 346 g/mol. The lowest BCUT2D eigenvalue weighted by Gasteiger charge is -2.15. The molecule has 0 atom stereocenters. The topological polar surface area (TPSA) is 99.5 Å². The first-order valence-corrected chi connectivity index (χ1v) is 7.62. The molecule has 0 saturated heterocycles. The van der Waals surface area contributed by atoms with Gasteiger partial charge in [-0.25, -0.2) is 0 Å². The van der Waals surface area contributed by atoms with Crippen molar-refractivity contribution in [3.05, 3.63) is 58.1 Å². The summed E-state index contributed by atoms with van der Waals surface area (Å²) < 4.78 is 5.35. The van der Waals surface area contributed by atoms with Crippen molar-refractivity contribution in [1.82, 2.24) is 5.32 Å². The third kappa shape index (κ3) is 4.82. The number of nitro benzene ring substituents is 1. The van der Waals surface area contributed by atoms with Gasteiger partial charge in [-0.1, -0.05) is 6.07 Å². The van der Waals surface area contributed by atoms with E-state index in [9.17, 15) is 15.2 Å². The summed E-state index contributed by atoms with van der Waals surface area (Å²) >= 11 is 5.16. The average Bonchev–Trinajstić information content (AvgIpc) is 2.56. The minimum Gasteiger partial charge on any atom is -0.872 e. The molecule has 0 amide bonds. The monoisotopic (exact) mass is 346 g/mol. The standard InChI is InChI=1S/C16H17N3O4S/c1-2-23-14-6-3-12(4-7-14)18-16(24)17-10-11-9-13(19(21)22)5-8-15(11)20/h3-9,20H,2,10H2,1H3,(H2,17,18,24)/p-1. The number of non-ortho nitro benzene ring substituents is 1. The first kappa shape index (κ1) is 17.5. The van der Waals surface area contributed by atoms with Crippen LogP contribution in [0.4, 0.5) is 11.4 Å². The minimum absolute atomic E-state index is 0.101. The number of hydrogen-bond acceptors (Lipinski definition) is 5. The highest BCUT2D eigenvalue weighted by Gasteiger charge is 2.07. The van der Waals surface area contributed by atoms with Crippen molar-refractivity contribution < 1.29 is 14.8 Å². The van der Waals surface area contributed by atoms with Crippen molar-refractivity contribution in [2.24, 2.45) is 0 Å². The molecule has 0 aromatic heterocycles. The number of rotatable bonds is 6. The Morgan fingerprint density at radius 1 is 1.25 bits per heavy atom. The summed E-state index contributed by atoms with van der Waals surface area (Å²) in [6.45, 7) is 2.60. The zero-order valence-corrected chi connectivity index (χ0v) is 13.8. The van der Waals surface area contributed by atoms with Gasteiger partial charge in [0.25, 0.3) is 5.69 Å². The van der Waals surface area contributed by atoms with Crippen LogP contribution < -0.4 is 20.5 Å². The Morgan fingerprint density at radius 3 is 2.58 bits per heavy atom. The van der Waals surface area contributed by atoms with Crippen LogP contribution in [-0.4, -0.2) is 16.6 Å². The number of thiocarbonyl (C=S) groups is 1. The summed E-state index contributed by atoms with van der Waals surface area (Å²) in [5, 5.41) is 28.6. The SMILES string of the molecule is CCOc1ccc(NC(=S)NCc2cc([N+](=O)[O-])ccc2[O-])cc1. The maximum Gasteiger partial charge on any atom is 0.269 e. The van der Waals surface area contributed by atoms with E-state index in [4.69, 9.17) is 17.0 Å². The molecule has 0 bridgehead atoms. The van der Waals surface area contributed by atoms with Gasteiger partial charge < -0.3 is 20.5 Å². The van der Waals surface area contributed by atoms with Crippen molar-refractivity contribution in [2.75, 3.05) is 11.9 Å². The molecule has 0 saturated carbocycles. The van der Waals surface area contributed by atoms with Gasteiger partial charge >= 0.3 is 0 Å². The molecule has 2 aromatic rings. The van der Waals surface area contributed by atoms with Gasteiger partial charge in [0.15, 0.2) is 5.11 Å². The summed E-state index contributed by atoms with van der Waals surface area (Å²) in [4.78, 5) is 10.2. The molecule has 0 aliphatic heterocycles. The van der Waals surface area contributed by atoms with Crippen molar-refractivity contribution in [3.63, 3.8) is 0 Å². The van der Waals surface area contributed by atoms with Crippen LogP contribution in [0.25, 0.3) is 0 Å². The van der Waals surface area contributed by atoms with E-state index < -0.39 is 4.92 Å². The van der Waals surface area contributed by atoms with Crippen molar-refractivity contribution in [2.45, 2.75) is 13.5 Å². The highest BCUT2D eigenvalue weighted by Crippen LogP contribution is 2.20. The zero-order chi connectivity index (χ0) is 17.5. The number of nitrogens with zero attached hydrogens (tertiary/aromatic N) is 1. The Bertz CT molecular complexity index is 735. The van der Waals surface area contributed by atoms with Crippen molar-refractivity contribution >= 4 is 28.7 Å². The largest absolute Gasteiger partial charge is 0.872 e. The lowest BCUT2D eigenvalue weighted by Crippen LogP contribution is -2.28. The molecule has 2 rings (SSSR count). The molecule has 2 N–H and O–H groups in total. The Hall–Kier alpha value is -2.87. The Labute approximate surface area is 144 Å². The van der Waals surface area contributed by atoms with Crippen LogP contribution in [-0.2, 0) is 6.54 Å². The molecule has 0 aliphatic carbocycles. The Kier molecular flexibility index (Phi) is 5.91. The molecular weight excluding hydrogens is 330 g/mol. The van der Waals surface area contributed by atoms with E-state index in [1.165, 1.54) is 18.2 Å². The van der Waals surface area contributed by atoms with E-state index in [0.717, 1.165) is 11.4 Å². The fourth-order valence-corrected chi connectivity index (χ4v) is 2.16. The van der Waals surface area contributed by atoms with Crippen LogP contribution in [0.2, 0.25) is 0 Å². The number of ether oxygens (including phenoxy) is 1. The summed E-state index contributed by atoms with van der Waals surface area (Å²) in [6, 6.07) is 10.8. The summed E-state index contributed by atoms with van der Waals surface area (Å²) in [5.41, 5.74) is 0.911. The third-order valence-electron chi connectivity index (χ3n) is 3.12. The molecule has 0 unspecified atom stereocenters. The molecule has 24 heavy (non-hydrogen) atoms. The number of nitro groups is 1. The highest BCUT2D eigenvalue weighted by molar-refractivity contribution is 7.80. The quantitative estimate of drug-likeness (QED) is 0.471. The lowest BCUT2D eigenvalue weighted by atomic mass is 10.2. The second kappa shape index (κ2) is 8.11. The smallest absolute Gasteiger partial charge is 0.269 e. The van der Waals surface area contributed by atoms with E-state index in [2.05, 4.69) is 10.6 Å². The predicted molar refractivity (Wildman–Crippen MR) is 93.2 cm³/mol. The van der Waals surface area contributed by atoms with Gasteiger partial charge in [-0.15, -0.1) is 5.75 Å². The van der Waals surface area contributed by atoms with E-state index in [0.29, 0.717) is 11.7 Å². The first-order valence-electron chi connectivity index (χ1n) is 7.21. The molecule has 0 aliphatic rings. The molecule has 0 fully saturated rings. The molecule has 7 nitrogen and oxygen atoms in total. The summed E-state index contributed by atoms with van der Waals surface area (Å²) in [6.07, 6.45) is 0. The van der Waals surface area contributed by atoms with Crippen LogP contribution in [0.15, 0.2) is 42.5 Å². The van der Waals surface area contributed by atoms with E-state index in [1.54, 1.807) is 0 Å². The predicted octanol–water partition coefficient (Wildman–Crippen LogP) is 2.55. The van der Waals surface area contributed by atoms with Gasteiger partial charge in [0.1, 0.15) is 5.75 Å². The molecule has 126 valence electrons. The molecule has 0 heterocycles. The van der Waals surface area contributed by atoms with Gasteiger partial charge in [0.05, 0.1) is 11.5 Å². The number of anilines is 1. The second-order valence-electron chi connectivity index (χ2n) is 4.81. The van der Waals surface area contributed by atoms with Crippen LogP contribution in [0.5, 0.6) is 11.5 Å². The normalized spacial score (nSPS) is 10.0. The van der Waals surface area contributed by atoms with Crippen LogP contribution in [0.1, 0.15) is 12.5 Å². The van der Waals surface area contributed by atoms with Gasteiger partial charge in [0.2, 0.25) is 0 Å². The van der Waals surface area contributed by atoms with Crippen LogP contribution in [0.3, 0.4) is 0 Å². The van der Waals surface area contributed by atoms with Crippen molar-refractivity contribution in [1.29, 1.82) is 0 Å². The molecule has 8 heteroatoms. The summed E-state index contributed by atoms with van der Waals surface area (Å²) in [5.74, 6) is 0.478. The van der Waals surface area contributed by atoms with Gasteiger partial charge in [-0.05, 0) is 49.0 Å². The summed E-state index contributed by atoms with van der Waals surface area (Å²) in [7, 11) is 0. The molecular formula is C16H16N3O4S-. The van der Waals surface area contributed by atoms with E-state index in [1.807, 2.05) is 31.2 Å². The van der Waals surface area contributed by atoms with Crippen LogP contribution >= 0.6 is 12.2 Å². The van der Waals surface area contributed by atoms with E-state index in [-0.39, 0.29) is 23.5 Å². The van der Waals surface area contributed by atoms with Gasteiger partial charge in [-0.3, -0.25) is 10.1 Å². The maximum atomic E-state index is 11.7. The van der Waals surface area contributed by atoms with Gasteiger partial charge in [0, 0.05) is 24.4 Å². The highest BCUT2D eigenvalue weighted by atomic mass is 32.1. The molecule has 0 spiro atoms. The minimum atomic E-state index is -0.542. The first-order chi connectivity index (χ1) is 11.5. The second-order valence-corrected chi connectivity index (χ2v) is 5.22. The van der Waals surface area contributed by atoms with Crippen molar-refractivity contribution in [3.8, 4) is 11.5 Å². The van der Waals surface area contributed by atoms with E-state index >= 15 is 0 Å². The third-order valence-corrected chi connectivity index (χ3v) is 3.36.